The minimum absolute atomic E-state index is 0.279. The number of aliphatic imine (C=N–C) groups is 1. The molecule has 23 heavy (non-hydrogen) atoms. The normalized spacial score (nSPS) is 18.2. The van der Waals surface area contributed by atoms with Crippen LogP contribution < -0.4 is 10.6 Å². The van der Waals surface area contributed by atoms with Gasteiger partial charge in [0.25, 0.3) is 0 Å². The molecule has 1 aliphatic heterocycles. The van der Waals surface area contributed by atoms with Gasteiger partial charge in [-0.1, -0.05) is 23.7 Å². The molecule has 0 amide bonds. The molecule has 1 atom stereocenters. The first-order valence-corrected chi connectivity index (χ1v) is 8.61. The Bertz CT molecular complexity index is 473. The topological polar surface area (TPSA) is 54.9 Å². The van der Waals surface area contributed by atoms with Gasteiger partial charge >= 0.3 is 0 Å². The molecule has 5 nitrogen and oxygen atoms in total. The van der Waals surface area contributed by atoms with E-state index in [9.17, 15) is 0 Å². The number of ether oxygens (including phenoxy) is 2. The van der Waals surface area contributed by atoms with Crippen molar-refractivity contribution in [3.05, 3.63) is 34.9 Å². The predicted octanol–water partition coefficient (Wildman–Crippen LogP) is 2.59. The molecule has 1 fully saturated rings. The summed E-state index contributed by atoms with van der Waals surface area (Å²) in [5.41, 5.74) is 1.14. The standard InChI is InChI=1S/C17H26ClN3O2/c1-2-19-17(21-12-14-4-6-15(18)7-5-14)20-9-3-10-23-16-8-11-22-13-16/h4-7,16H,2-3,8-13H2,1H3,(H2,19,20,21). The van der Waals surface area contributed by atoms with Crippen molar-refractivity contribution < 1.29 is 9.47 Å². The molecule has 1 aromatic carbocycles. The Morgan fingerprint density at radius 2 is 2.17 bits per heavy atom. The SMILES string of the molecule is CCNC(=NCc1ccc(Cl)cc1)NCCCOC1CCOC1. The van der Waals surface area contributed by atoms with E-state index in [1.165, 1.54) is 0 Å². The van der Waals surface area contributed by atoms with Crippen LogP contribution in [0.15, 0.2) is 29.3 Å². The number of guanidine groups is 1. The van der Waals surface area contributed by atoms with E-state index in [1.54, 1.807) is 0 Å². The first-order valence-electron chi connectivity index (χ1n) is 8.24. The number of hydrogen-bond acceptors (Lipinski definition) is 3. The van der Waals surface area contributed by atoms with Gasteiger partial charge in [-0.25, -0.2) is 4.99 Å². The Kier molecular flexibility index (Phi) is 8.21. The Morgan fingerprint density at radius 3 is 2.87 bits per heavy atom. The number of hydrogen-bond donors (Lipinski definition) is 2. The van der Waals surface area contributed by atoms with Gasteiger partial charge in [-0.15, -0.1) is 0 Å². The summed E-state index contributed by atoms with van der Waals surface area (Å²) in [5.74, 6) is 0.826. The minimum Gasteiger partial charge on any atom is -0.379 e. The van der Waals surface area contributed by atoms with Crippen LogP contribution in [0, 0.1) is 0 Å². The number of benzene rings is 1. The molecule has 128 valence electrons. The fourth-order valence-electron chi connectivity index (χ4n) is 2.28. The van der Waals surface area contributed by atoms with Gasteiger partial charge in [-0.3, -0.25) is 0 Å². The monoisotopic (exact) mass is 339 g/mol. The lowest BCUT2D eigenvalue weighted by atomic mass is 10.2. The maximum atomic E-state index is 5.89. The van der Waals surface area contributed by atoms with Crippen LogP contribution in [0.2, 0.25) is 5.02 Å². The van der Waals surface area contributed by atoms with Crippen LogP contribution in [0.25, 0.3) is 0 Å². The molecule has 0 saturated carbocycles. The second-order valence-corrected chi connectivity index (χ2v) is 5.89. The van der Waals surface area contributed by atoms with Gasteiger partial charge in [-0.2, -0.15) is 0 Å². The lowest BCUT2D eigenvalue weighted by Crippen LogP contribution is -2.38. The van der Waals surface area contributed by atoms with Gasteiger partial charge in [0.05, 0.1) is 19.3 Å². The van der Waals surface area contributed by atoms with Gasteiger partial charge in [0.1, 0.15) is 0 Å². The van der Waals surface area contributed by atoms with E-state index in [0.29, 0.717) is 6.54 Å². The summed E-state index contributed by atoms with van der Waals surface area (Å²) in [4.78, 5) is 4.58. The van der Waals surface area contributed by atoms with Crippen LogP contribution in [0.1, 0.15) is 25.3 Å². The highest BCUT2D eigenvalue weighted by Gasteiger charge is 2.15. The third kappa shape index (κ3) is 7.20. The smallest absolute Gasteiger partial charge is 0.191 e. The average Bonchev–Trinajstić information content (AvgIpc) is 3.07. The van der Waals surface area contributed by atoms with Gasteiger partial charge in [0.2, 0.25) is 0 Å². The maximum Gasteiger partial charge on any atom is 0.191 e. The van der Waals surface area contributed by atoms with Crippen molar-refractivity contribution in [2.75, 3.05) is 32.9 Å². The molecule has 0 bridgehead atoms. The zero-order valence-electron chi connectivity index (χ0n) is 13.7. The summed E-state index contributed by atoms with van der Waals surface area (Å²) in [5, 5.41) is 7.32. The lowest BCUT2D eigenvalue weighted by molar-refractivity contribution is 0.0420. The molecule has 2 rings (SSSR count). The summed E-state index contributed by atoms with van der Waals surface area (Å²) >= 11 is 5.89. The fraction of sp³-hybridized carbons (Fsp3) is 0.588. The summed E-state index contributed by atoms with van der Waals surface area (Å²) in [6.45, 7) is 6.66. The second-order valence-electron chi connectivity index (χ2n) is 5.46. The predicted molar refractivity (Wildman–Crippen MR) is 94.1 cm³/mol. The van der Waals surface area contributed by atoms with Crippen molar-refractivity contribution in [2.45, 2.75) is 32.4 Å². The van der Waals surface area contributed by atoms with Crippen molar-refractivity contribution in [2.24, 2.45) is 4.99 Å². The van der Waals surface area contributed by atoms with Crippen LogP contribution in [0.4, 0.5) is 0 Å². The van der Waals surface area contributed by atoms with Crippen molar-refractivity contribution in [1.29, 1.82) is 0 Å². The Hall–Kier alpha value is -1.30. The molecule has 0 spiro atoms. The van der Waals surface area contributed by atoms with Gasteiger partial charge in [-0.05, 0) is 37.5 Å². The molecule has 1 heterocycles. The highest BCUT2D eigenvalue weighted by atomic mass is 35.5. The molecular weight excluding hydrogens is 314 g/mol. The molecule has 1 saturated heterocycles. The Balaban J connectivity index is 1.67. The molecule has 6 heteroatoms. The van der Waals surface area contributed by atoms with Gasteiger partial charge < -0.3 is 20.1 Å². The first kappa shape index (κ1) is 18.0. The molecule has 0 aliphatic carbocycles. The number of nitrogens with one attached hydrogen (secondary N) is 2. The molecule has 1 aliphatic rings. The fourth-order valence-corrected chi connectivity index (χ4v) is 2.40. The Morgan fingerprint density at radius 1 is 1.35 bits per heavy atom. The third-order valence-corrected chi connectivity index (χ3v) is 3.78. The number of rotatable bonds is 8. The number of nitrogens with zero attached hydrogens (tertiary/aromatic N) is 1. The van der Waals surface area contributed by atoms with E-state index in [4.69, 9.17) is 21.1 Å². The minimum atomic E-state index is 0.279. The van der Waals surface area contributed by atoms with E-state index in [2.05, 4.69) is 22.5 Å². The van der Waals surface area contributed by atoms with Crippen molar-refractivity contribution in [1.82, 2.24) is 10.6 Å². The quantitative estimate of drug-likeness (QED) is 0.434. The van der Waals surface area contributed by atoms with E-state index >= 15 is 0 Å². The van der Waals surface area contributed by atoms with E-state index in [1.807, 2.05) is 24.3 Å². The highest BCUT2D eigenvalue weighted by Crippen LogP contribution is 2.10. The van der Waals surface area contributed by atoms with Crippen LogP contribution in [-0.2, 0) is 16.0 Å². The molecule has 1 unspecified atom stereocenters. The van der Waals surface area contributed by atoms with E-state index in [0.717, 1.165) is 62.3 Å². The second kappa shape index (κ2) is 10.5. The van der Waals surface area contributed by atoms with Gasteiger partial charge in [0.15, 0.2) is 5.96 Å². The van der Waals surface area contributed by atoms with Crippen molar-refractivity contribution >= 4 is 17.6 Å². The van der Waals surface area contributed by atoms with Crippen molar-refractivity contribution in [3.8, 4) is 0 Å². The third-order valence-electron chi connectivity index (χ3n) is 3.53. The first-order chi connectivity index (χ1) is 11.3. The van der Waals surface area contributed by atoms with E-state index in [-0.39, 0.29) is 6.10 Å². The molecular formula is C17H26ClN3O2. The molecule has 1 aromatic rings. The molecule has 2 N–H and O–H groups in total. The van der Waals surface area contributed by atoms with E-state index < -0.39 is 0 Å². The number of halogens is 1. The van der Waals surface area contributed by atoms with Crippen LogP contribution in [0.3, 0.4) is 0 Å². The Labute approximate surface area is 143 Å². The van der Waals surface area contributed by atoms with Crippen molar-refractivity contribution in [3.63, 3.8) is 0 Å². The lowest BCUT2D eigenvalue weighted by Gasteiger charge is -2.13. The van der Waals surface area contributed by atoms with Gasteiger partial charge in [0, 0.05) is 31.3 Å². The summed E-state index contributed by atoms with van der Waals surface area (Å²) in [6, 6.07) is 7.76. The maximum absolute atomic E-state index is 5.89. The highest BCUT2D eigenvalue weighted by molar-refractivity contribution is 6.30. The van der Waals surface area contributed by atoms with Crippen LogP contribution >= 0.6 is 11.6 Å². The van der Waals surface area contributed by atoms with Crippen LogP contribution in [0.5, 0.6) is 0 Å². The zero-order valence-corrected chi connectivity index (χ0v) is 14.4. The molecule has 0 radical (unpaired) electrons. The average molecular weight is 340 g/mol. The summed E-state index contributed by atoms with van der Waals surface area (Å²) in [7, 11) is 0. The van der Waals surface area contributed by atoms with Crippen LogP contribution in [-0.4, -0.2) is 45.0 Å². The zero-order chi connectivity index (χ0) is 16.3. The molecule has 0 aromatic heterocycles. The largest absolute Gasteiger partial charge is 0.379 e. The summed E-state index contributed by atoms with van der Waals surface area (Å²) in [6.07, 6.45) is 2.24. The summed E-state index contributed by atoms with van der Waals surface area (Å²) < 4.78 is 11.0.